The van der Waals surface area contributed by atoms with Gasteiger partial charge in [0, 0.05) is 17.2 Å². The molecule has 1 fully saturated rings. The van der Waals surface area contributed by atoms with Gasteiger partial charge in [-0.25, -0.2) is 0 Å². The molecular formula is C22H26N4O2S. The zero-order chi connectivity index (χ0) is 20.4. The minimum Gasteiger partial charge on any atom is -0.465 e. The maximum absolute atomic E-state index is 12.8. The molecule has 1 saturated heterocycles. The van der Waals surface area contributed by atoms with Crippen molar-refractivity contribution < 1.29 is 9.21 Å². The van der Waals surface area contributed by atoms with E-state index in [9.17, 15) is 4.79 Å². The third-order valence-corrected chi connectivity index (χ3v) is 6.35. The monoisotopic (exact) mass is 410 g/mol. The molecule has 1 aromatic carbocycles. The molecule has 0 saturated carbocycles. The standard InChI is InChI=1S/C22H26N4O2S/c1-14-11-20(28-15(14)2)13-26-9-7-17(8-10-26)21(27)23-19-6-4-5-18(12-19)22-25-24-16(3)29-22/h4-6,11-12,17H,7-10,13H2,1-3H3,(H,23,27). The van der Waals surface area contributed by atoms with Crippen molar-refractivity contribution in [2.75, 3.05) is 18.4 Å². The number of hydrogen-bond acceptors (Lipinski definition) is 6. The van der Waals surface area contributed by atoms with E-state index in [2.05, 4.69) is 33.4 Å². The summed E-state index contributed by atoms with van der Waals surface area (Å²) >= 11 is 1.55. The van der Waals surface area contributed by atoms with Crippen LogP contribution in [-0.2, 0) is 11.3 Å². The summed E-state index contributed by atoms with van der Waals surface area (Å²) in [4.78, 5) is 15.1. The highest BCUT2D eigenvalue weighted by Gasteiger charge is 2.25. The highest BCUT2D eigenvalue weighted by molar-refractivity contribution is 7.14. The average Bonchev–Trinajstić information content (AvgIpc) is 3.27. The number of aromatic nitrogens is 2. The highest BCUT2D eigenvalue weighted by atomic mass is 32.1. The van der Waals surface area contributed by atoms with E-state index in [0.717, 1.165) is 65.3 Å². The molecule has 2 aromatic heterocycles. The third kappa shape index (κ3) is 4.74. The number of aryl methyl sites for hydroxylation is 3. The normalized spacial score (nSPS) is 15.6. The Hall–Kier alpha value is -2.51. The average molecular weight is 411 g/mol. The Bertz CT molecular complexity index is 982. The number of benzene rings is 1. The van der Waals surface area contributed by atoms with Gasteiger partial charge in [-0.05, 0) is 70.5 Å². The number of amides is 1. The van der Waals surface area contributed by atoms with Crippen LogP contribution in [0.15, 0.2) is 34.7 Å². The van der Waals surface area contributed by atoms with Crippen LogP contribution in [0.25, 0.3) is 10.6 Å². The summed E-state index contributed by atoms with van der Waals surface area (Å²) in [6.45, 7) is 8.62. The lowest BCUT2D eigenvalue weighted by Gasteiger charge is -2.30. The van der Waals surface area contributed by atoms with E-state index in [4.69, 9.17) is 4.42 Å². The minimum absolute atomic E-state index is 0.0405. The summed E-state index contributed by atoms with van der Waals surface area (Å²) in [5.41, 5.74) is 2.98. The van der Waals surface area contributed by atoms with E-state index in [1.807, 2.05) is 38.1 Å². The fourth-order valence-electron chi connectivity index (χ4n) is 3.69. The van der Waals surface area contributed by atoms with Gasteiger partial charge in [0.2, 0.25) is 5.91 Å². The second kappa shape index (κ2) is 8.47. The molecule has 29 heavy (non-hydrogen) atoms. The summed E-state index contributed by atoms with van der Waals surface area (Å²) in [7, 11) is 0. The summed E-state index contributed by atoms with van der Waals surface area (Å²) in [5.74, 6) is 2.13. The van der Waals surface area contributed by atoms with Gasteiger partial charge in [0.05, 0.1) is 6.54 Å². The number of likely N-dealkylation sites (tertiary alicyclic amines) is 1. The molecule has 0 radical (unpaired) electrons. The van der Waals surface area contributed by atoms with E-state index in [0.29, 0.717) is 0 Å². The van der Waals surface area contributed by atoms with Crippen LogP contribution in [0.5, 0.6) is 0 Å². The molecule has 1 aliphatic rings. The maximum atomic E-state index is 12.8. The molecule has 0 spiro atoms. The third-order valence-electron chi connectivity index (χ3n) is 5.46. The molecule has 3 aromatic rings. The van der Waals surface area contributed by atoms with Gasteiger partial charge in [-0.15, -0.1) is 10.2 Å². The number of carbonyl (C=O) groups is 1. The number of piperidine rings is 1. The van der Waals surface area contributed by atoms with Crippen molar-refractivity contribution in [1.82, 2.24) is 15.1 Å². The van der Waals surface area contributed by atoms with Gasteiger partial charge in [0.15, 0.2) is 0 Å². The number of anilines is 1. The molecular weight excluding hydrogens is 384 g/mol. The van der Waals surface area contributed by atoms with Gasteiger partial charge < -0.3 is 9.73 Å². The molecule has 1 N–H and O–H groups in total. The minimum atomic E-state index is 0.0405. The molecule has 1 amide bonds. The molecule has 0 unspecified atom stereocenters. The second-order valence-electron chi connectivity index (χ2n) is 7.70. The lowest BCUT2D eigenvalue weighted by atomic mass is 9.95. The van der Waals surface area contributed by atoms with E-state index < -0.39 is 0 Å². The lowest BCUT2D eigenvalue weighted by molar-refractivity contribution is -0.121. The van der Waals surface area contributed by atoms with Crippen LogP contribution in [0.3, 0.4) is 0 Å². The molecule has 4 rings (SSSR count). The molecule has 0 bridgehead atoms. The van der Waals surface area contributed by atoms with Crippen LogP contribution < -0.4 is 5.32 Å². The summed E-state index contributed by atoms with van der Waals surface area (Å²) in [6.07, 6.45) is 1.72. The number of carbonyl (C=O) groups excluding carboxylic acids is 1. The largest absolute Gasteiger partial charge is 0.465 e. The van der Waals surface area contributed by atoms with Crippen LogP contribution >= 0.6 is 11.3 Å². The van der Waals surface area contributed by atoms with Crippen molar-refractivity contribution in [3.63, 3.8) is 0 Å². The summed E-state index contributed by atoms with van der Waals surface area (Å²) in [5, 5.41) is 13.1. The Morgan fingerprint density at radius 1 is 1.21 bits per heavy atom. The predicted molar refractivity (Wildman–Crippen MR) is 115 cm³/mol. The Morgan fingerprint density at radius 2 is 2.00 bits per heavy atom. The van der Waals surface area contributed by atoms with Crippen molar-refractivity contribution in [3.05, 3.63) is 52.4 Å². The van der Waals surface area contributed by atoms with Gasteiger partial charge in [0.25, 0.3) is 0 Å². The van der Waals surface area contributed by atoms with Crippen molar-refractivity contribution in [2.45, 2.75) is 40.2 Å². The number of hydrogen-bond donors (Lipinski definition) is 1. The zero-order valence-corrected chi connectivity index (χ0v) is 17.9. The first-order valence-corrected chi connectivity index (χ1v) is 10.8. The first-order chi connectivity index (χ1) is 14.0. The van der Waals surface area contributed by atoms with Crippen LogP contribution in [0, 0.1) is 26.7 Å². The molecule has 3 heterocycles. The van der Waals surface area contributed by atoms with Crippen LogP contribution in [-0.4, -0.2) is 34.1 Å². The van der Waals surface area contributed by atoms with Crippen LogP contribution in [0.4, 0.5) is 5.69 Å². The van der Waals surface area contributed by atoms with Crippen LogP contribution in [0.2, 0.25) is 0 Å². The fraction of sp³-hybridized carbons (Fsp3) is 0.409. The number of rotatable bonds is 5. The lowest BCUT2D eigenvalue weighted by Crippen LogP contribution is -2.37. The molecule has 152 valence electrons. The predicted octanol–water partition coefficient (Wildman–Crippen LogP) is 4.57. The van der Waals surface area contributed by atoms with Gasteiger partial charge in [-0.3, -0.25) is 9.69 Å². The Kier molecular flexibility index (Phi) is 5.78. The van der Waals surface area contributed by atoms with Crippen molar-refractivity contribution in [3.8, 4) is 10.6 Å². The zero-order valence-electron chi connectivity index (χ0n) is 17.1. The Labute approximate surface area is 175 Å². The highest BCUT2D eigenvalue weighted by Crippen LogP contribution is 2.27. The first-order valence-electron chi connectivity index (χ1n) is 9.97. The Morgan fingerprint density at radius 3 is 2.66 bits per heavy atom. The van der Waals surface area contributed by atoms with Gasteiger partial charge >= 0.3 is 0 Å². The van der Waals surface area contributed by atoms with Gasteiger partial charge in [0.1, 0.15) is 21.5 Å². The van der Waals surface area contributed by atoms with E-state index in [-0.39, 0.29) is 11.8 Å². The number of furan rings is 1. The molecule has 0 atom stereocenters. The molecule has 6 nitrogen and oxygen atoms in total. The SMILES string of the molecule is Cc1nnc(-c2cccc(NC(=O)C3CCN(Cc4cc(C)c(C)o4)CC3)c2)s1. The topological polar surface area (TPSA) is 71.3 Å². The number of nitrogens with zero attached hydrogens (tertiary/aromatic N) is 3. The maximum Gasteiger partial charge on any atom is 0.227 e. The smallest absolute Gasteiger partial charge is 0.227 e. The molecule has 0 aliphatic carbocycles. The first kappa shape index (κ1) is 19.8. The van der Waals surface area contributed by atoms with E-state index in [1.165, 1.54) is 5.56 Å². The molecule has 1 aliphatic heterocycles. The van der Waals surface area contributed by atoms with Crippen molar-refractivity contribution >= 4 is 22.9 Å². The Balaban J connectivity index is 1.32. The van der Waals surface area contributed by atoms with E-state index >= 15 is 0 Å². The molecule has 7 heteroatoms. The van der Waals surface area contributed by atoms with Gasteiger partial charge in [-0.2, -0.15) is 0 Å². The van der Waals surface area contributed by atoms with Crippen molar-refractivity contribution in [1.29, 1.82) is 0 Å². The fourth-order valence-corrected chi connectivity index (χ4v) is 4.38. The van der Waals surface area contributed by atoms with Crippen LogP contribution in [0.1, 0.15) is 34.9 Å². The summed E-state index contributed by atoms with van der Waals surface area (Å²) in [6, 6.07) is 9.94. The van der Waals surface area contributed by atoms with Crippen molar-refractivity contribution in [2.24, 2.45) is 5.92 Å². The van der Waals surface area contributed by atoms with Gasteiger partial charge in [-0.1, -0.05) is 23.5 Å². The quantitative estimate of drug-likeness (QED) is 0.667. The van der Waals surface area contributed by atoms with E-state index in [1.54, 1.807) is 11.3 Å². The second-order valence-corrected chi connectivity index (χ2v) is 8.88. The summed E-state index contributed by atoms with van der Waals surface area (Å²) < 4.78 is 5.79. The number of nitrogens with one attached hydrogen (secondary N) is 1.